The molecule has 1 fully saturated rings. The van der Waals surface area contributed by atoms with Gasteiger partial charge in [-0.1, -0.05) is 75.4 Å². The molecule has 1 amide bonds. The number of halogens is 3. The Hall–Kier alpha value is -4.87. The lowest BCUT2D eigenvalue weighted by Crippen LogP contribution is -2.59. The SMILES string of the molecule is C/C=C(/c1ccc(Cn2c(=O)[nH]c3cnc(-c4ccccc4C(C)C)nc32)cc1)N(/C=C(\N)C(F)(F)F)C1CN(C(=O)CC)C1. The second kappa shape index (κ2) is 12.6. The van der Waals surface area contributed by atoms with Crippen LogP contribution < -0.4 is 11.4 Å². The minimum absolute atomic E-state index is 0.0561. The van der Waals surface area contributed by atoms with Gasteiger partial charge in [0, 0.05) is 37.0 Å². The summed E-state index contributed by atoms with van der Waals surface area (Å²) in [5.41, 5.74) is 8.83. The number of carbonyl (C=O) groups is 1. The van der Waals surface area contributed by atoms with Gasteiger partial charge >= 0.3 is 11.9 Å². The zero-order chi connectivity index (χ0) is 32.5. The van der Waals surface area contributed by atoms with Crippen LogP contribution in [0.15, 0.2) is 77.5 Å². The average Bonchev–Trinajstić information content (AvgIpc) is 3.30. The van der Waals surface area contributed by atoms with Crippen molar-refractivity contribution in [2.75, 3.05) is 13.1 Å². The van der Waals surface area contributed by atoms with Crippen molar-refractivity contribution in [3.63, 3.8) is 0 Å². The molecule has 1 aliphatic rings. The molecular formula is C33H36F3N7O2. The van der Waals surface area contributed by atoms with Crippen LogP contribution in [-0.2, 0) is 11.3 Å². The number of benzene rings is 2. The van der Waals surface area contributed by atoms with Gasteiger partial charge in [0.25, 0.3) is 0 Å². The summed E-state index contributed by atoms with van der Waals surface area (Å²) in [6, 6.07) is 14.8. The lowest BCUT2D eigenvalue weighted by Gasteiger charge is -2.46. The molecular weight excluding hydrogens is 583 g/mol. The van der Waals surface area contributed by atoms with E-state index in [1.165, 1.54) is 9.47 Å². The van der Waals surface area contributed by atoms with Crippen LogP contribution in [0.2, 0.25) is 0 Å². The fourth-order valence-electron chi connectivity index (χ4n) is 5.51. The summed E-state index contributed by atoms with van der Waals surface area (Å²) >= 11 is 0. The Kier molecular flexibility index (Phi) is 8.85. The number of allylic oxidation sites excluding steroid dienone is 2. The number of amides is 1. The Labute approximate surface area is 258 Å². The van der Waals surface area contributed by atoms with E-state index in [0.717, 1.165) is 22.9 Å². The van der Waals surface area contributed by atoms with Crippen LogP contribution in [-0.4, -0.2) is 60.5 Å². The van der Waals surface area contributed by atoms with E-state index in [-0.39, 0.29) is 30.1 Å². The molecule has 0 radical (unpaired) electrons. The third-order valence-electron chi connectivity index (χ3n) is 7.99. The molecule has 0 saturated carbocycles. The summed E-state index contributed by atoms with van der Waals surface area (Å²) in [4.78, 5) is 40.2. The fourth-order valence-corrected chi connectivity index (χ4v) is 5.51. The molecule has 0 spiro atoms. The van der Waals surface area contributed by atoms with Gasteiger partial charge in [0.1, 0.15) is 11.2 Å². The molecule has 5 rings (SSSR count). The molecule has 1 saturated heterocycles. The molecule has 0 atom stereocenters. The molecule has 1 aliphatic heterocycles. The lowest BCUT2D eigenvalue weighted by atomic mass is 9.97. The molecule has 2 aromatic carbocycles. The number of aromatic nitrogens is 4. The van der Waals surface area contributed by atoms with E-state index in [4.69, 9.17) is 10.7 Å². The van der Waals surface area contributed by atoms with Crippen molar-refractivity contribution in [2.45, 2.75) is 58.8 Å². The van der Waals surface area contributed by atoms with Crippen LogP contribution >= 0.6 is 0 Å². The molecule has 2 aromatic heterocycles. The number of hydrogen-bond acceptors (Lipinski definition) is 6. The number of rotatable bonds is 9. The van der Waals surface area contributed by atoms with E-state index in [1.807, 2.05) is 36.4 Å². The number of aromatic amines is 1. The van der Waals surface area contributed by atoms with Crippen LogP contribution in [0.3, 0.4) is 0 Å². The van der Waals surface area contributed by atoms with Crippen LogP contribution in [0.5, 0.6) is 0 Å². The maximum absolute atomic E-state index is 13.4. The standard InChI is InChI=1S/C33H36F3N7O2/c1-5-27(42(19-28(37)33(34,35)36)23-17-41(18-23)29(44)6-2)22-13-11-21(12-14-22)16-43-31-26(39-32(43)45)15-38-30(40-31)25-10-8-7-9-24(25)20(3)4/h5,7-15,19-20,23H,6,16-18,37H2,1-4H3,(H,39,45)/b27-5-,28-19-. The van der Waals surface area contributed by atoms with Crippen LogP contribution in [0.1, 0.15) is 56.7 Å². The second-order valence-corrected chi connectivity index (χ2v) is 11.4. The summed E-state index contributed by atoms with van der Waals surface area (Å²) in [6.07, 6.45) is -0.142. The molecule has 0 bridgehead atoms. The van der Waals surface area contributed by atoms with Gasteiger partial charge in [-0.05, 0) is 29.5 Å². The van der Waals surface area contributed by atoms with Gasteiger partial charge in [0.05, 0.1) is 18.8 Å². The third-order valence-corrected chi connectivity index (χ3v) is 7.99. The topological polar surface area (TPSA) is 113 Å². The number of imidazole rings is 1. The van der Waals surface area contributed by atoms with Gasteiger partial charge < -0.3 is 20.5 Å². The Balaban J connectivity index is 1.43. The minimum atomic E-state index is -4.70. The van der Waals surface area contributed by atoms with E-state index in [2.05, 4.69) is 23.8 Å². The van der Waals surface area contributed by atoms with Crippen molar-refractivity contribution in [3.8, 4) is 11.4 Å². The first kappa shape index (κ1) is 31.6. The first-order chi connectivity index (χ1) is 21.4. The summed E-state index contributed by atoms with van der Waals surface area (Å²) < 4.78 is 41.8. The molecule has 3 heterocycles. The minimum Gasteiger partial charge on any atom is -0.394 e. The van der Waals surface area contributed by atoms with Gasteiger partial charge in [-0.3, -0.25) is 9.36 Å². The van der Waals surface area contributed by atoms with E-state index in [1.54, 1.807) is 43.2 Å². The summed E-state index contributed by atoms with van der Waals surface area (Å²) in [5, 5.41) is 0. The molecule has 12 heteroatoms. The highest BCUT2D eigenvalue weighted by atomic mass is 19.4. The Morgan fingerprint density at radius 2 is 1.84 bits per heavy atom. The third kappa shape index (κ3) is 6.50. The Morgan fingerprint density at radius 3 is 2.47 bits per heavy atom. The van der Waals surface area contributed by atoms with Crippen LogP contribution in [0, 0.1) is 0 Å². The Bertz CT molecular complexity index is 1810. The molecule has 236 valence electrons. The van der Waals surface area contributed by atoms with Gasteiger partial charge in [-0.25, -0.2) is 14.8 Å². The predicted molar refractivity (Wildman–Crippen MR) is 168 cm³/mol. The first-order valence-corrected chi connectivity index (χ1v) is 14.8. The largest absolute Gasteiger partial charge is 0.432 e. The van der Waals surface area contributed by atoms with Crippen molar-refractivity contribution >= 4 is 22.8 Å². The van der Waals surface area contributed by atoms with Gasteiger partial charge in [-0.15, -0.1) is 0 Å². The lowest BCUT2D eigenvalue weighted by molar-refractivity contribution is -0.137. The average molecular weight is 620 g/mol. The van der Waals surface area contributed by atoms with Gasteiger partial charge in [0.15, 0.2) is 11.5 Å². The molecule has 45 heavy (non-hydrogen) atoms. The number of carbonyl (C=O) groups excluding carboxylic acids is 1. The number of fused-ring (bicyclic) bond motifs is 1. The van der Waals surface area contributed by atoms with Crippen molar-refractivity contribution in [3.05, 3.63) is 99.9 Å². The quantitative estimate of drug-likeness (QED) is 0.252. The van der Waals surface area contributed by atoms with Gasteiger partial charge in [-0.2, -0.15) is 13.2 Å². The molecule has 3 N–H and O–H groups in total. The number of nitrogens with one attached hydrogen (secondary N) is 1. The molecule has 0 unspecified atom stereocenters. The highest BCUT2D eigenvalue weighted by molar-refractivity contribution is 5.77. The fraction of sp³-hybridized carbons (Fsp3) is 0.333. The van der Waals surface area contributed by atoms with Crippen molar-refractivity contribution < 1.29 is 18.0 Å². The van der Waals surface area contributed by atoms with E-state index >= 15 is 0 Å². The number of H-pyrrole nitrogens is 1. The summed E-state index contributed by atoms with van der Waals surface area (Å²) in [7, 11) is 0. The maximum atomic E-state index is 13.4. The van der Waals surface area contributed by atoms with E-state index in [9.17, 15) is 22.8 Å². The summed E-state index contributed by atoms with van der Waals surface area (Å²) in [6.45, 7) is 8.48. The second-order valence-electron chi connectivity index (χ2n) is 11.4. The predicted octanol–water partition coefficient (Wildman–Crippen LogP) is 5.60. The van der Waals surface area contributed by atoms with Crippen molar-refractivity contribution in [2.24, 2.45) is 5.73 Å². The molecule has 4 aromatic rings. The number of hydrogen-bond donors (Lipinski definition) is 2. The van der Waals surface area contributed by atoms with Crippen LogP contribution in [0.4, 0.5) is 13.2 Å². The van der Waals surface area contributed by atoms with Gasteiger partial charge in [0.2, 0.25) is 5.91 Å². The monoisotopic (exact) mass is 619 g/mol. The highest BCUT2D eigenvalue weighted by Gasteiger charge is 2.38. The zero-order valence-electron chi connectivity index (χ0n) is 25.6. The van der Waals surface area contributed by atoms with E-state index in [0.29, 0.717) is 47.8 Å². The normalized spacial score (nSPS) is 14.7. The van der Waals surface area contributed by atoms with E-state index < -0.39 is 11.9 Å². The highest BCUT2D eigenvalue weighted by Crippen LogP contribution is 2.31. The number of alkyl halides is 3. The molecule has 0 aliphatic carbocycles. The molecule has 9 nitrogen and oxygen atoms in total. The Morgan fingerprint density at radius 1 is 1.16 bits per heavy atom. The number of likely N-dealkylation sites (tertiary alicyclic amines) is 1. The van der Waals surface area contributed by atoms with Crippen molar-refractivity contribution in [1.29, 1.82) is 0 Å². The smallest absolute Gasteiger partial charge is 0.394 e. The summed E-state index contributed by atoms with van der Waals surface area (Å²) in [5.74, 6) is 0.723. The first-order valence-electron chi connectivity index (χ1n) is 14.8. The van der Waals surface area contributed by atoms with Crippen molar-refractivity contribution in [1.82, 2.24) is 29.3 Å². The zero-order valence-corrected chi connectivity index (χ0v) is 25.6. The number of nitrogens with two attached hydrogens (primary N) is 1. The number of nitrogens with zero attached hydrogens (tertiary/aromatic N) is 5. The van der Waals surface area contributed by atoms with Crippen LogP contribution in [0.25, 0.3) is 28.2 Å². The maximum Gasteiger partial charge on any atom is 0.432 e.